The molecule has 1 N–H and O–H groups in total. The number of hydrogen-bond acceptors (Lipinski definition) is 3. The van der Waals surface area contributed by atoms with Gasteiger partial charge in [-0.1, -0.05) is 24.8 Å². The molecule has 1 aromatic carbocycles. The van der Waals surface area contributed by atoms with E-state index < -0.39 is 10.4 Å². The van der Waals surface area contributed by atoms with Gasteiger partial charge in [0.25, 0.3) is 0 Å². The lowest BCUT2D eigenvalue weighted by molar-refractivity contribution is 0.387. The summed E-state index contributed by atoms with van der Waals surface area (Å²) in [5.74, 6) is 0.0631. The van der Waals surface area contributed by atoms with E-state index in [9.17, 15) is 8.42 Å². The predicted molar refractivity (Wildman–Crippen MR) is 48.7 cm³/mol. The van der Waals surface area contributed by atoms with Crippen molar-refractivity contribution in [3.8, 4) is 5.75 Å². The fraction of sp³-hybridized carbons (Fsp3) is 0. The molecule has 0 heterocycles. The molecule has 0 bridgehead atoms. The summed E-state index contributed by atoms with van der Waals surface area (Å²) in [7, 11) is -4.42. The molecule has 0 aliphatic carbocycles. The lowest BCUT2D eigenvalue weighted by atomic mass is 10.2. The molecule has 0 radical (unpaired) electrons. The molecule has 0 unspecified atom stereocenters. The number of hydrogen-bond donors (Lipinski definition) is 1. The van der Waals surface area contributed by atoms with E-state index in [0.717, 1.165) is 5.56 Å². The van der Waals surface area contributed by atoms with Crippen LogP contribution >= 0.6 is 0 Å². The molecule has 1 aromatic rings. The molecule has 0 atom stereocenters. The Labute approximate surface area is 76.4 Å². The third kappa shape index (κ3) is 3.27. The van der Waals surface area contributed by atoms with E-state index in [0.29, 0.717) is 0 Å². The van der Waals surface area contributed by atoms with Gasteiger partial charge in [0.05, 0.1) is 0 Å². The van der Waals surface area contributed by atoms with Crippen LogP contribution in [0.5, 0.6) is 5.75 Å². The monoisotopic (exact) mass is 200 g/mol. The van der Waals surface area contributed by atoms with Crippen molar-refractivity contribution >= 4 is 16.5 Å². The second kappa shape index (κ2) is 3.59. The standard InChI is InChI=1S/C8H8O4S/c1-2-7-3-5-8(6-4-7)12-13(9,10)11/h2-6H,1H2,(H,9,10,11). The molecule has 13 heavy (non-hydrogen) atoms. The van der Waals surface area contributed by atoms with E-state index in [2.05, 4.69) is 10.8 Å². The average Bonchev–Trinajstić information content (AvgIpc) is 2.03. The van der Waals surface area contributed by atoms with Crippen LogP contribution in [0.4, 0.5) is 0 Å². The summed E-state index contributed by atoms with van der Waals surface area (Å²) in [5, 5.41) is 0. The summed E-state index contributed by atoms with van der Waals surface area (Å²) in [6.45, 7) is 3.53. The third-order valence-electron chi connectivity index (χ3n) is 1.32. The van der Waals surface area contributed by atoms with Crippen LogP contribution in [-0.2, 0) is 10.4 Å². The minimum Gasteiger partial charge on any atom is -0.362 e. The van der Waals surface area contributed by atoms with Crippen molar-refractivity contribution in [1.29, 1.82) is 0 Å². The first kappa shape index (κ1) is 9.76. The highest BCUT2D eigenvalue weighted by Crippen LogP contribution is 2.13. The highest BCUT2D eigenvalue weighted by atomic mass is 32.3. The van der Waals surface area contributed by atoms with Crippen molar-refractivity contribution in [2.75, 3.05) is 0 Å². The quantitative estimate of drug-likeness (QED) is 0.751. The molecule has 70 valence electrons. The highest BCUT2D eigenvalue weighted by Gasteiger charge is 2.05. The fourth-order valence-corrected chi connectivity index (χ4v) is 1.14. The Bertz CT molecular complexity index is 391. The lowest BCUT2D eigenvalue weighted by Crippen LogP contribution is -2.06. The van der Waals surface area contributed by atoms with Gasteiger partial charge < -0.3 is 4.18 Å². The maximum Gasteiger partial charge on any atom is 0.446 e. The minimum atomic E-state index is -4.42. The normalized spacial score (nSPS) is 10.8. The van der Waals surface area contributed by atoms with Crippen LogP contribution in [0.3, 0.4) is 0 Å². The summed E-state index contributed by atoms with van der Waals surface area (Å²) in [6, 6.07) is 6.08. The molecule has 0 aliphatic heterocycles. The lowest BCUT2D eigenvalue weighted by Gasteiger charge is -2.00. The molecule has 0 fully saturated rings. The fourth-order valence-electron chi connectivity index (χ4n) is 0.781. The van der Waals surface area contributed by atoms with Crippen molar-refractivity contribution < 1.29 is 17.2 Å². The number of rotatable bonds is 3. The molecule has 0 aromatic heterocycles. The van der Waals surface area contributed by atoms with E-state index in [1.165, 1.54) is 12.1 Å². The first-order chi connectivity index (χ1) is 6.01. The second-order valence-corrected chi connectivity index (χ2v) is 3.31. The summed E-state index contributed by atoms with van der Waals surface area (Å²) >= 11 is 0. The van der Waals surface area contributed by atoms with Gasteiger partial charge in [0.1, 0.15) is 5.75 Å². The Balaban J connectivity index is 2.87. The third-order valence-corrected chi connectivity index (χ3v) is 1.72. The first-order valence-corrected chi connectivity index (χ1v) is 4.77. The zero-order valence-corrected chi connectivity index (χ0v) is 7.49. The SMILES string of the molecule is C=Cc1ccc(OS(=O)(=O)O)cc1. The largest absolute Gasteiger partial charge is 0.446 e. The molecular weight excluding hydrogens is 192 g/mol. The summed E-state index contributed by atoms with van der Waals surface area (Å²) < 4.78 is 33.1. The van der Waals surface area contributed by atoms with Gasteiger partial charge in [-0.2, -0.15) is 8.42 Å². The topological polar surface area (TPSA) is 63.6 Å². The average molecular weight is 200 g/mol. The van der Waals surface area contributed by atoms with Crippen LogP contribution < -0.4 is 4.18 Å². The van der Waals surface area contributed by atoms with Gasteiger partial charge in [-0.25, -0.2) is 0 Å². The molecule has 0 amide bonds. The molecule has 0 spiro atoms. The summed E-state index contributed by atoms with van der Waals surface area (Å²) in [5.41, 5.74) is 0.836. The maximum absolute atomic E-state index is 10.3. The maximum atomic E-state index is 10.3. The molecule has 4 nitrogen and oxygen atoms in total. The van der Waals surface area contributed by atoms with Gasteiger partial charge in [-0.3, -0.25) is 4.55 Å². The van der Waals surface area contributed by atoms with Crippen LogP contribution in [0.25, 0.3) is 6.08 Å². The van der Waals surface area contributed by atoms with Crippen LogP contribution in [-0.4, -0.2) is 13.0 Å². The van der Waals surface area contributed by atoms with Gasteiger partial charge in [-0.15, -0.1) is 0 Å². The van der Waals surface area contributed by atoms with Crippen molar-refractivity contribution in [2.24, 2.45) is 0 Å². The highest BCUT2D eigenvalue weighted by molar-refractivity contribution is 7.81. The Morgan fingerprint density at radius 3 is 2.23 bits per heavy atom. The van der Waals surface area contributed by atoms with Gasteiger partial charge in [-0.05, 0) is 17.7 Å². The predicted octanol–water partition coefficient (Wildman–Crippen LogP) is 1.51. The van der Waals surface area contributed by atoms with Crippen LogP contribution in [0, 0.1) is 0 Å². The van der Waals surface area contributed by atoms with Crippen LogP contribution in [0.1, 0.15) is 5.56 Å². The van der Waals surface area contributed by atoms with Crippen molar-refractivity contribution in [3.63, 3.8) is 0 Å². The van der Waals surface area contributed by atoms with E-state index in [1.807, 2.05) is 0 Å². The molecule has 0 aliphatic rings. The van der Waals surface area contributed by atoms with Crippen molar-refractivity contribution in [3.05, 3.63) is 36.4 Å². The van der Waals surface area contributed by atoms with Crippen molar-refractivity contribution in [1.82, 2.24) is 0 Å². The van der Waals surface area contributed by atoms with Crippen LogP contribution in [0.2, 0.25) is 0 Å². The zero-order chi connectivity index (χ0) is 9.90. The molecule has 5 heteroatoms. The summed E-state index contributed by atoms with van der Waals surface area (Å²) in [6.07, 6.45) is 1.61. The smallest absolute Gasteiger partial charge is 0.362 e. The number of benzene rings is 1. The Morgan fingerprint density at radius 1 is 1.31 bits per heavy atom. The molecule has 0 saturated heterocycles. The van der Waals surface area contributed by atoms with Crippen molar-refractivity contribution in [2.45, 2.75) is 0 Å². The minimum absolute atomic E-state index is 0.0631. The van der Waals surface area contributed by atoms with Gasteiger partial charge in [0, 0.05) is 0 Å². The van der Waals surface area contributed by atoms with Gasteiger partial charge >= 0.3 is 10.4 Å². The zero-order valence-electron chi connectivity index (χ0n) is 6.67. The van der Waals surface area contributed by atoms with E-state index in [4.69, 9.17) is 4.55 Å². The molecule has 0 saturated carbocycles. The Hall–Kier alpha value is -1.33. The van der Waals surface area contributed by atoms with Gasteiger partial charge in [0.15, 0.2) is 0 Å². The Morgan fingerprint density at radius 2 is 1.85 bits per heavy atom. The molecular formula is C8H8O4S. The second-order valence-electron chi connectivity index (χ2n) is 2.28. The van der Waals surface area contributed by atoms with Crippen LogP contribution in [0.15, 0.2) is 30.8 Å². The van der Waals surface area contributed by atoms with E-state index in [-0.39, 0.29) is 5.75 Å². The Kier molecular flexibility index (Phi) is 2.69. The first-order valence-electron chi connectivity index (χ1n) is 3.40. The van der Waals surface area contributed by atoms with E-state index >= 15 is 0 Å². The summed E-state index contributed by atoms with van der Waals surface area (Å²) in [4.78, 5) is 0. The molecule has 1 rings (SSSR count). The van der Waals surface area contributed by atoms with E-state index in [1.54, 1.807) is 18.2 Å². The van der Waals surface area contributed by atoms with Gasteiger partial charge in [0.2, 0.25) is 0 Å².